The van der Waals surface area contributed by atoms with Crippen LogP contribution < -0.4 is 10.6 Å². The molecule has 38 heavy (non-hydrogen) atoms. The zero-order chi connectivity index (χ0) is 26.3. The SMILES string of the molecule is CN(C)CCNc1cc(C(=O)Nc2ccccc2-c2nnc(-c3ccccc3)s2)nc(-c2ccccc2)c1. The molecule has 0 radical (unpaired) electrons. The lowest BCUT2D eigenvalue weighted by Gasteiger charge is -2.14. The number of pyridine rings is 1. The minimum atomic E-state index is -0.293. The van der Waals surface area contributed by atoms with Crippen molar-refractivity contribution in [3.8, 4) is 32.4 Å². The summed E-state index contributed by atoms with van der Waals surface area (Å²) in [5.74, 6) is -0.293. The molecule has 0 bridgehead atoms. The number of carbonyl (C=O) groups is 1. The summed E-state index contributed by atoms with van der Waals surface area (Å²) in [4.78, 5) is 20.3. The average Bonchev–Trinajstić information content (AvgIpc) is 3.44. The van der Waals surface area contributed by atoms with Crippen LogP contribution in [0.5, 0.6) is 0 Å². The van der Waals surface area contributed by atoms with E-state index in [0.29, 0.717) is 11.4 Å². The number of amides is 1. The Hall–Kier alpha value is -4.40. The summed E-state index contributed by atoms with van der Waals surface area (Å²) >= 11 is 1.49. The number of anilines is 2. The first kappa shape index (κ1) is 25.3. The van der Waals surface area contributed by atoms with Crippen LogP contribution in [0, 0.1) is 0 Å². The summed E-state index contributed by atoms with van der Waals surface area (Å²) in [7, 11) is 4.06. The van der Waals surface area contributed by atoms with E-state index in [0.717, 1.165) is 51.2 Å². The summed E-state index contributed by atoms with van der Waals surface area (Å²) in [5.41, 5.74) is 5.32. The topological polar surface area (TPSA) is 83.0 Å². The monoisotopic (exact) mass is 520 g/mol. The van der Waals surface area contributed by atoms with Crippen molar-refractivity contribution in [3.63, 3.8) is 0 Å². The van der Waals surface area contributed by atoms with E-state index >= 15 is 0 Å². The highest BCUT2D eigenvalue weighted by Crippen LogP contribution is 2.34. The van der Waals surface area contributed by atoms with Gasteiger partial charge in [0.2, 0.25) is 0 Å². The van der Waals surface area contributed by atoms with E-state index in [1.165, 1.54) is 11.3 Å². The van der Waals surface area contributed by atoms with E-state index < -0.39 is 0 Å². The van der Waals surface area contributed by atoms with Gasteiger partial charge in [0.15, 0.2) is 0 Å². The molecule has 0 unspecified atom stereocenters. The van der Waals surface area contributed by atoms with Gasteiger partial charge in [-0.2, -0.15) is 0 Å². The van der Waals surface area contributed by atoms with Gasteiger partial charge in [-0.25, -0.2) is 4.98 Å². The molecule has 0 aliphatic carbocycles. The van der Waals surface area contributed by atoms with Crippen molar-refractivity contribution in [2.45, 2.75) is 0 Å². The molecule has 5 rings (SSSR count). The fourth-order valence-corrected chi connectivity index (χ4v) is 4.81. The maximum Gasteiger partial charge on any atom is 0.274 e. The molecule has 8 heteroatoms. The quantitative estimate of drug-likeness (QED) is 0.242. The summed E-state index contributed by atoms with van der Waals surface area (Å²) in [5, 5.41) is 16.8. The smallest absolute Gasteiger partial charge is 0.274 e. The number of nitrogens with one attached hydrogen (secondary N) is 2. The number of rotatable bonds is 9. The Kier molecular flexibility index (Phi) is 7.82. The van der Waals surface area contributed by atoms with Crippen LogP contribution in [0.25, 0.3) is 32.4 Å². The average molecular weight is 521 g/mol. The highest BCUT2D eigenvalue weighted by atomic mass is 32.1. The van der Waals surface area contributed by atoms with E-state index in [1.807, 2.05) is 105 Å². The first-order valence-electron chi connectivity index (χ1n) is 12.3. The predicted molar refractivity (Wildman–Crippen MR) is 155 cm³/mol. The Morgan fingerprint density at radius 1 is 0.816 bits per heavy atom. The van der Waals surface area contributed by atoms with Crippen LogP contribution in [-0.4, -0.2) is 53.2 Å². The van der Waals surface area contributed by atoms with Crippen molar-refractivity contribution in [1.82, 2.24) is 20.1 Å². The lowest BCUT2D eigenvalue weighted by molar-refractivity contribution is 0.102. The Bertz CT molecular complexity index is 1520. The maximum atomic E-state index is 13.5. The largest absolute Gasteiger partial charge is 0.384 e. The van der Waals surface area contributed by atoms with Crippen molar-refractivity contribution in [2.24, 2.45) is 0 Å². The molecule has 0 aliphatic rings. The first-order valence-corrected chi connectivity index (χ1v) is 13.1. The van der Waals surface area contributed by atoms with E-state index in [1.54, 1.807) is 6.07 Å². The summed E-state index contributed by atoms with van der Waals surface area (Å²) < 4.78 is 0. The second kappa shape index (κ2) is 11.8. The first-order chi connectivity index (χ1) is 18.6. The molecule has 7 nitrogen and oxygen atoms in total. The molecule has 5 aromatic rings. The highest BCUT2D eigenvalue weighted by Gasteiger charge is 2.17. The molecule has 0 aliphatic heterocycles. The normalized spacial score (nSPS) is 10.9. The van der Waals surface area contributed by atoms with E-state index in [2.05, 4.69) is 25.7 Å². The Balaban J connectivity index is 1.43. The van der Waals surface area contributed by atoms with Crippen LogP contribution in [0.15, 0.2) is 97.1 Å². The van der Waals surface area contributed by atoms with Crippen LogP contribution in [0.3, 0.4) is 0 Å². The standard InChI is InChI=1S/C30H28N6OS/c1-36(2)18-17-31-23-19-26(21-11-5-3-6-12-21)32-27(20-23)28(37)33-25-16-10-9-15-24(25)30-35-34-29(38-30)22-13-7-4-8-14-22/h3-16,19-20H,17-18H2,1-2H3,(H,31,32)(H,33,37). The van der Waals surface area contributed by atoms with Crippen molar-refractivity contribution in [3.05, 3.63) is 103 Å². The van der Waals surface area contributed by atoms with Crippen molar-refractivity contribution in [2.75, 3.05) is 37.8 Å². The van der Waals surface area contributed by atoms with Crippen molar-refractivity contribution in [1.29, 1.82) is 0 Å². The van der Waals surface area contributed by atoms with Gasteiger partial charge in [0.25, 0.3) is 5.91 Å². The van der Waals surface area contributed by atoms with Gasteiger partial charge < -0.3 is 15.5 Å². The van der Waals surface area contributed by atoms with Crippen molar-refractivity contribution < 1.29 is 4.79 Å². The molecular weight excluding hydrogens is 492 g/mol. The van der Waals surface area contributed by atoms with Crippen LogP contribution in [-0.2, 0) is 0 Å². The third kappa shape index (κ3) is 6.11. The van der Waals surface area contributed by atoms with Crippen LogP contribution >= 0.6 is 11.3 Å². The molecule has 0 fully saturated rings. The van der Waals surface area contributed by atoms with Crippen molar-refractivity contribution >= 4 is 28.6 Å². The number of nitrogens with zero attached hydrogens (tertiary/aromatic N) is 4. The molecule has 1 amide bonds. The molecule has 190 valence electrons. The van der Waals surface area contributed by atoms with Gasteiger partial charge in [-0.3, -0.25) is 4.79 Å². The minimum absolute atomic E-state index is 0.293. The molecule has 2 heterocycles. The molecule has 3 aromatic carbocycles. The minimum Gasteiger partial charge on any atom is -0.384 e. The zero-order valence-electron chi connectivity index (χ0n) is 21.3. The molecule has 0 saturated carbocycles. The number of para-hydroxylation sites is 1. The summed E-state index contributed by atoms with van der Waals surface area (Å²) in [6.45, 7) is 1.61. The van der Waals surface area contributed by atoms with Gasteiger partial charge in [-0.15, -0.1) is 10.2 Å². The second-order valence-electron chi connectivity index (χ2n) is 9.00. The molecule has 2 N–H and O–H groups in total. The van der Waals surface area contributed by atoms with Gasteiger partial charge in [0.1, 0.15) is 15.7 Å². The maximum absolute atomic E-state index is 13.5. The highest BCUT2D eigenvalue weighted by molar-refractivity contribution is 7.18. The lowest BCUT2D eigenvalue weighted by Crippen LogP contribution is -2.21. The molecule has 2 aromatic heterocycles. The molecule has 0 saturated heterocycles. The second-order valence-corrected chi connectivity index (χ2v) is 9.98. The Labute approximate surface area is 226 Å². The number of hydrogen-bond acceptors (Lipinski definition) is 7. The number of benzene rings is 3. The van der Waals surface area contributed by atoms with Crippen LogP contribution in [0.4, 0.5) is 11.4 Å². The third-order valence-electron chi connectivity index (χ3n) is 5.87. The Morgan fingerprint density at radius 2 is 1.47 bits per heavy atom. The fourth-order valence-electron chi connectivity index (χ4n) is 3.92. The summed E-state index contributed by atoms with van der Waals surface area (Å²) in [6, 6.07) is 31.2. The van der Waals surface area contributed by atoms with Gasteiger partial charge in [-0.05, 0) is 38.4 Å². The van der Waals surface area contributed by atoms with Gasteiger partial charge in [-0.1, -0.05) is 84.1 Å². The summed E-state index contributed by atoms with van der Waals surface area (Å²) in [6.07, 6.45) is 0. The fraction of sp³-hybridized carbons (Fsp3) is 0.133. The molecule has 0 spiro atoms. The third-order valence-corrected chi connectivity index (χ3v) is 6.87. The number of aromatic nitrogens is 3. The van der Waals surface area contributed by atoms with Gasteiger partial charge in [0.05, 0.1) is 11.4 Å². The molecular formula is C30H28N6OS. The van der Waals surface area contributed by atoms with Gasteiger partial charge >= 0.3 is 0 Å². The number of likely N-dealkylation sites (N-methyl/N-ethyl adjacent to an activating group) is 1. The van der Waals surface area contributed by atoms with E-state index in [9.17, 15) is 4.79 Å². The van der Waals surface area contributed by atoms with E-state index in [-0.39, 0.29) is 5.91 Å². The lowest BCUT2D eigenvalue weighted by atomic mass is 10.1. The zero-order valence-corrected chi connectivity index (χ0v) is 22.1. The van der Waals surface area contributed by atoms with Gasteiger partial charge in [0, 0.05) is 35.5 Å². The number of hydrogen-bond donors (Lipinski definition) is 2. The van der Waals surface area contributed by atoms with E-state index in [4.69, 9.17) is 4.98 Å². The molecule has 0 atom stereocenters. The number of carbonyl (C=O) groups excluding carboxylic acids is 1. The van der Waals surface area contributed by atoms with Crippen LogP contribution in [0.2, 0.25) is 0 Å². The predicted octanol–water partition coefficient (Wildman–Crippen LogP) is 6.16. The van der Waals surface area contributed by atoms with Crippen LogP contribution in [0.1, 0.15) is 10.5 Å². The Morgan fingerprint density at radius 3 is 2.21 bits per heavy atom.